The maximum atomic E-state index is 12.0. The van der Waals surface area contributed by atoms with Gasteiger partial charge in [-0.25, -0.2) is 4.98 Å². The van der Waals surface area contributed by atoms with E-state index in [1.165, 1.54) is 20.0 Å². The van der Waals surface area contributed by atoms with E-state index < -0.39 is 0 Å². The first-order chi connectivity index (χ1) is 9.19. The van der Waals surface area contributed by atoms with Gasteiger partial charge in [0.2, 0.25) is 5.89 Å². The van der Waals surface area contributed by atoms with Gasteiger partial charge >= 0.3 is 5.97 Å². The van der Waals surface area contributed by atoms with Crippen molar-refractivity contribution in [3.05, 3.63) is 17.8 Å². The minimum atomic E-state index is -0.121. The molecule has 0 aromatic carbocycles. The third-order valence-corrected chi connectivity index (χ3v) is 4.44. The Morgan fingerprint density at radius 2 is 2.42 bits per heavy atom. The summed E-state index contributed by atoms with van der Waals surface area (Å²) < 4.78 is 10.5. The van der Waals surface area contributed by atoms with Gasteiger partial charge < -0.3 is 9.15 Å². The highest BCUT2D eigenvalue weighted by atomic mass is 16.5. The lowest BCUT2D eigenvalue weighted by molar-refractivity contribution is -0.147. The van der Waals surface area contributed by atoms with Crippen molar-refractivity contribution in [2.75, 3.05) is 13.7 Å². The summed E-state index contributed by atoms with van der Waals surface area (Å²) in [4.78, 5) is 18.5. The molecule has 0 bridgehead atoms. The number of likely N-dealkylation sites (tertiary alicyclic amines) is 1. The van der Waals surface area contributed by atoms with Crippen LogP contribution in [0, 0.1) is 18.8 Å². The topological polar surface area (TPSA) is 55.6 Å². The Kier molecular flexibility index (Phi) is 3.31. The molecule has 1 aliphatic heterocycles. The molecule has 0 amide bonds. The molecule has 5 nitrogen and oxygen atoms in total. The quantitative estimate of drug-likeness (QED) is 0.779. The van der Waals surface area contributed by atoms with Crippen LogP contribution in [0.25, 0.3) is 0 Å². The number of carbonyl (C=O) groups excluding carboxylic acids is 1. The number of esters is 1. The number of ether oxygens (including phenoxy) is 1. The monoisotopic (exact) mass is 264 g/mol. The van der Waals surface area contributed by atoms with E-state index in [-0.39, 0.29) is 12.0 Å². The number of aryl methyl sites for hydroxylation is 1. The van der Waals surface area contributed by atoms with Crippen LogP contribution in [0.1, 0.15) is 30.9 Å². The molecule has 0 unspecified atom stereocenters. The predicted octanol–water partition coefficient (Wildman–Crippen LogP) is 1.76. The van der Waals surface area contributed by atoms with Gasteiger partial charge in [-0.2, -0.15) is 0 Å². The van der Waals surface area contributed by atoms with Crippen LogP contribution in [0.5, 0.6) is 0 Å². The van der Waals surface area contributed by atoms with E-state index in [1.54, 1.807) is 6.20 Å². The van der Waals surface area contributed by atoms with Gasteiger partial charge in [-0.05, 0) is 31.6 Å². The summed E-state index contributed by atoms with van der Waals surface area (Å²) >= 11 is 0. The van der Waals surface area contributed by atoms with Crippen molar-refractivity contribution in [3.8, 4) is 0 Å². The third-order valence-electron chi connectivity index (χ3n) is 4.44. The molecule has 2 aliphatic rings. The standard InChI is InChI=1S/C14H20N2O3/c1-9-6-15-12(19-9)8-16-7-10-4-3-5-11(10)13(16)14(17)18-2/h6,10-11,13H,3-5,7-8H2,1-2H3/t10-,11+,13+/m1/s1. The lowest BCUT2D eigenvalue weighted by Gasteiger charge is -2.24. The number of methoxy groups -OCH3 is 1. The highest BCUT2D eigenvalue weighted by Crippen LogP contribution is 2.42. The van der Waals surface area contributed by atoms with E-state index in [1.807, 2.05) is 6.92 Å². The van der Waals surface area contributed by atoms with Gasteiger partial charge in [0.15, 0.2) is 0 Å². The molecule has 0 spiro atoms. The summed E-state index contributed by atoms with van der Waals surface area (Å²) in [5, 5.41) is 0. The largest absolute Gasteiger partial charge is 0.468 e. The first-order valence-electron chi connectivity index (χ1n) is 6.92. The maximum absolute atomic E-state index is 12.0. The first kappa shape index (κ1) is 12.7. The predicted molar refractivity (Wildman–Crippen MR) is 68.3 cm³/mol. The molecule has 2 heterocycles. The van der Waals surface area contributed by atoms with E-state index in [9.17, 15) is 4.79 Å². The molecule has 104 valence electrons. The van der Waals surface area contributed by atoms with E-state index in [0.717, 1.165) is 18.7 Å². The summed E-state index contributed by atoms with van der Waals surface area (Å²) in [7, 11) is 1.47. The summed E-state index contributed by atoms with van der Waals surface area (Å²) in [5.74, 6) is 2.46. The summed E-state index contributed by atoms with van der Waals surface area (Å²) in [6.07, 6.45) is 5.30. The molecule has 3 rings (SSSR count). The molecule has 5 heteroatoms. The van der Waals surface area contributed by atoms with Crippen molar-refractivity contribution >= 4 is 5.97 Å². The van der Waals surface area contributed by atoms with Gasteiger partial charge in [0.05, 0.1) is 19.9 Å². The fourth-order valence-electron chi connectivity index (χ4n) is 3.65. The molecule has 1 saturated carbocycles. The van der Waals surface area contributed by atoms with Gasteiger partial charge in [-0.3, -0.25) is 9.69 Å². The normalized spacial score (nSPS) is 30.5. The average Bonchev–Trinajstić information content (AvgIpc) is 3.05. The smallest absolute Gasteiger partial charge is 0.323 e. The van der Waals surface area contributed by atoms with Crippen LogP contribution in [0.3, 0.4) is 0 Å². The van der Waals surface area contributed by atoms with Crippen LogP contribution in [0.4, 0.5) is 0 Å². The van der Waals surface area contributed by atoms with Crippen LogP contribution in [0.2, 0.25) is 0 Å². The minimum absolute atomic E-state index is 0.113. The highest BCUT2D eigenvalue weighted by molar-refractivity contribution is 5.76. The second-order valence-electron chi connectivity index (χ2n) is 5.62. The van der Waals surface area contributed by atoms with Gasteiger partial charge in [0.1, 0.15) is 11.8 Å². The van der Waals surface area contributed by atoms with E-state index in [2.05, 4.69) is 9.88 Å². The van der Waals surface area contributed by atoms with Crippen molar-refractivity contribution in [3.63, 3.8) is 0 Å². The zero-order chi connectivity index (χ0) is 13.4. The lowest BCUT2D eigenvalue weighted by atomic mass is 9.94. The molecule has 1 aromatic heterocycles. The van der Waals surface area contributed by atoms with Crippen LogP contribution in [-0.2, 0) is 16.1 Å². The lowest BCUT2D eigenvalue weighted by Crippen LogP contribution is -2.40. The molecule has 3 atom stereocenters. The fourth-order valence-corrected chi connectivity index (χ4v) is 3.65. The Hall–Kier alpha value is -1.36. The molecule has 0 N–H and O–H groups in total. The van der Waals surface area contributed by atoms with Gasteiger partial charge in [-0.1, -0.05) is 6.42 Å². The van der Waals surface area contributed by atoms with Crippen molar-refractivity contribution in [2.24, 2.45) is 11.8 Å². The Labute approximate surface area is 112 Å². The van der Waals surface area contributed by atoms with Crippen molar-refractivity contribution < 1.29 is 13.9 Å². The number of hydrogen-bond donors (Lipinski definition) is 0. The number of carbonyl (C=O) groups is 1. The molecule has 1 aromatic rings. The number of aromatic nitrogens is 1. The highest BCUT2D eigenvalue weighted by Gasteiger charge is 2.48. The third kappa shape index (κ3) is 2.27. The summed E-state index contributed by atoms with van der Waals surface area (Å²) in [5.41, 5.74) is 0. The second-order valence-corrected chi connectivity index (χ2v) is 5.62. The summed E-state index contributed by atoms with van der Waals surface area (Å²) in [6.45, 7) is 3.43. The number of hydrogen-bond acceptors (Lipinski definition) is 5. The van der Waals surface area contributed by atoms with Crippen LogP contribution >= 0.6 is 0 Å². The Morgan fingerprint density at radius 1 is 1.58 bits per heavy atom. The second kappa shape index (κ2) is 4.96. The van der Waals surface area contributed by atoms with Gasteiger partial charge in [0.25, 0.3) is 0 Å². The van der Waals surface area contributed by atoms with Crippen molar-refractivity contribution in [1.82, 2.24) is 9.88 Å². The molecule has 0 radical (unpaired) electrons. The minimum Gasteiger partial charge on any atom is -0.468 e. The first-order valence-corrected chi connectivity index (χ1v) is 6.92. The number of rotatable bonds is 3. The summed E-state index contributed by atoms with van der Waals surface area (Å²) in [6, 6.07) is -0.121. The maximum Gasteiger partial charge on any atom is 0.323 e. The van der Waals surface area contributed by atoms with Gasteiger partial charge in [0, 0.05) is 6.54 Å². The molecule has 19 heavy (non-hydrogen) atoms. The molecular formula is C14H20N2O3. The number of nitrogens with zero attached hydrogens (tertiary/aromatic N) is 2. The zero-order valence-electron chi connectivity index (χ0n) is 11.5. The Bertz CT molecular complexity index is 471. The van der Waals surface area contributed by atoms with Crippen LogP contribution in [-0.4, -0.2) is 35.5 Å². The van der Waals surface area contributed by atoms with E-state index in [4.69, 9.17) is 9.15 Å². The molecule has 1 saturated heterocycles. The molecule has 1 aliphatic carbocycles. The number of oxazole rings is 1. The van der Waals surface area contributed by atoms with E-state index >= 15 is 0 Å². The van der Waals surface area contributed by atoms with Crippen LogP contribution in [0.15, 0.2) is 10.6 Å². The fraction of sp³-hybridized carbons (Fsp3) is 0.714. The van der Waals surface area contributed by atoms with Crippen molar-refractivity contribution in [1.29, 1.82) is 0 Å². The molecule has 2 fully saturated rings. The number of fused-ring (bicyclic) bond motifs is 1. The Morgan fingerprint density at radius 3 is 3.11 bits per heavy atom. The van der Waals surface area contributed by atoms with Gasteiger partial charge in [-0.15, -0.1) is 0 Å². The van der Waals surface area contributed by atoms with Crippen molar-refractivity contribution in [2.45, 2.75) is 38.8 Å². The SMILES string of the molecule is COC(=O)[C@@H]1[C@H]2CCC[C@@H]2CN1Cc1ncc(C)o1. The van der Waals surface area contributed by atoms with Crippen LogP contribution < -0.4 is 0 Å². The molecular weight excluding hydrogens is 244 g/mol. The zero-order valence-corrected chi connectivity index (χ0v) is 11.5. The average molecular weight is 264 g/mol. The Balaban J connectivity index is 1.77. The van der Waals surface area contributed by atoms with E-state index in [0.29, 0.717) is 24.3 Å².